The van der Waals surface area contributed by atoms with Crippen molar-refractivity contribution in [2.45, 2.75) is 76.8 Å². The fourth-order valence-electron chi connectivity index (χ4n) is 6.16. The molecule has 1 aliphatic carbocycles. The van der Waals surface area contributed by atoms with E-state index in [1.807, 2.05) is 12.1 Å². The molecular formula is C29H35N3O4. The highest BCUT2D eigenvalue weighted by Crippen LogP contribution is 2.41. The Morgan fingerprint density at radius 3 is 2.47 bits per heavy atom. The number of carbonyl (C=O) groups excluding carboxylic acids is 1. The lowest BCUT2D eigenvalue weighted by molar-refractivity contribution is -0.143. The van der Waals surface area contributed by atoms with Crippen LogP contribution in [0.25, 0.3) is 11.0 Å². The lowest BCUT2D eigenvalue weighted by Crippen LogP contribution is -2.42. The molecule has 3 aromatic rings. The minimum atomic E-state index is -0.687. The highest BCUT2D eigenvalue weighted by atomic mass is 16.5. The predicted molar refractivity (Wildman–Crippen MR) is 140 cm³/mol. The van der Waals surface area contributed by atoms with Crippen LogP contribution in [-0.2, 0) is 22.4 Å². The largest absolute Gasteiger partial charge is 0.481 e. The molecule has 7 nitrogen and oxygen atoms in total. The third-order valence-electron chi connectivity index (χ3n) is 8.09. The Labute approximate surface area is 212 Å². The SMILES string of the molecule is COC(=O)N1c2ccc3c(nc([C@H](C)Cc4ccccc4)n3C3CCC(C(=O)O)CC3)c2CC[C@@H]1C. The van der Waals surface area contributed by atoms with Gasteiger partial charge < -0.3 is 14.4 Å². The van der Waals surface area contributed by atoms with Crippen LogP contribution in [0.5, 0.6) is 0 Å². The normalized spacial score (nSPS) is 22.8. The van der Waals surface area contributed by atoms with Crippen LogP contribution in [0, 0.1) is 5.92 Å². The first-order valence-corrected chi connectivity index (χ1v) is 13.1. The van der Waals surface area contributed by atoms with Crippen LogP contribution >= 0.6 is 0 Å². The summed E-state index contributed by atoms with van der Waals surface area (Å²) in [5.74, 6) is 0.285. The number of benzene rings is 2. The molecule has 2 heterocycles. The van der Waals surface area contributed by atoms with E-state index in [0.29, 0.717) is 12.8 Å². The first-order valence-electron chi connectivity index (χ1n) is 13.1. The van der Waals surface area contributed by atoms with E-state index in [0.717, 1.165) is 60.2 Å². The van der Waals surface area contributed by atoms with Crippen molar-refractivity contribution in [2.75, 3.05) is 12.0 Å². The number of ether oxygens (including phenoxy) is 1. The lowest BCUT2D eigenvalue weighted by Gasteiger charge is -2.34. The molecule has 0 unspecified atom stereocenters. The zero-order chi connectivity index (χ0) is 25.4. The molecule has 1 fully saturated rings. The molecular weight excluding hydrogens is 454 g/mol. The highest BCUT2D eigenvalue weighted by Gasteiger charge is 2.34. The molecule has 1 amide bonds. The summed E-state index contributed by atoms with van der Waals surface area (Å²) in [5.41, 5.74) is 5.30. The van der Waals surface area contributed by atoms with Crippen LogP contribution in [0.3, 0.4) is 0 Å². The first-order chi connectivity index (χ1) is 17.4. The number of aryl methyl sites for hydroxylation is 1. The van der Waals surface area contributed by atoms with Crippen molar-refractivity contribution in [3.05, 3.63) is 59.4 Å². The third kappa shape index (κ3) is 4.36. The second-order valence-electron chi connectivity index (χ2n) is 10.4. The zero-order valence-corrected chi connectivity index (χ0v) is 21.3. The van der Waals surface area contributed by atoms with Crippen LogP contribution in [-0.4, -0.2) is 39.9 Å². The van der Waals surface area contributed by atoms with Gasteiger partial charge in [0.15, 0.2) is 0 Å². The van der Waals surface area contributed by atoms with Crippen molar-refractivity contribution in [3.8, 4) is 0 Å². The summed E-state index contributed by atoms with van der Waals surface area (Å²) in [6.45, 7) is 4.28. The van der Waals surface area contributed by atoms with Crippen molar-refractivity contribution in [3.63, 3.8) is 0 Å². The molecule has 1 saturated carbocycles. The van der Waals surface area contributed by atoms with Gasteiger partial charge in [-0.1, -0.05) is 37.3 Å². The van der Waals surface area contributed by atoms with Crippen molar-refractivity contribution < 1.29 is 19.4 Å². The van der Waals surface area contributed by atoms with Gasteiger partial charge in [0.1, 0.15) is 5.82 Å². The number of amides is 1. The van der Waals surface area contributed by atoms with Crippen LogP contribution < -0.4 is 4.90 Å². The van der Waals surface area contributed by atoms with Crippen LogP contribution in [0.2, 0.25) is 0 Å². The smallest absolute Gasteiger partial charge is 0.414 e. The van der Waals surface area contributed by atoms with Gasteiger partial charge in [-0.25, -0.2) is 9.78 Å². The van der Waals surface area contributed by atoms with Crippen molar-refractivity contribution >= 4 is 28.8 Å². The van der Waals surface area contributed by atoms with E-state index < -0.39 is 5.97 Å². The van der Waals surface area contributed by atoms with Gasteiger partial charge in [0.2, 0.25) is 0 Å². The summed E-state index contributed by atoms with van der Waals surface area (Å²) in [4.78, 5) is 31.2. The van der Waals surface area contributed by atoms with Gasteiger partial charge >= 0.3 is 12.1 Å². The van der Waals surface area contributed by atoms with Crippen molar-refractivity contribution in [2.24, 2.45) is 5.92 Å². The number of aliphatic carboxylic acids is 1. The molecule has 7 heteroatoms. The Morgan fingerprint density at radius 2 is 1.81 bits per heavy atom. The number of rotatable bonds is 5. The number of fused-ring (bicyclic) bond motifs is 3. The quantitative estimate of drug-likeness (QED) is 0.468. The molecule has 1 N–H and O–H groups in total. The fraction of sp³-hybridized carbons (Fsp3) is 0.483. The number of anilines is 1. The number of methoxy groups -OCH3 is 1. The molecule has 0 radical (unpaired) electrons. The summed E-state index contributed by atoms with van der Waals surface area (Å²) in [7, 11) is 1.42. The summed E-state index contributed by atoms with van der Waals surface area (Å²) in [6, 6.07) is 14.9. The minimum absolute atomic E-state index is 0.0623. The molecule has 0 spiro atoms. The predicted octanol–water partition coefficient (Wildman–Crippen LogP) is 6.11. The van der Waals surface area contributed by atoms with E-state index in [4.69, 9.17) is 9.72 Å². The monoisotopic (exact) mass is 489 g/mol. The number of carboxylic acid groups (broad SMARTS) is 1. The Hall–Kier alpha value is -3.35. The molecule has 2 aromatic carbocycles. The van der Waals surface area contributed by atoms with E-state index in [-0.39, 0.29) is 30.0 Å². The van der Waals surface area contributed by atoms with Gasteiger partial charge in [0, 0.05) is 23.6 Å². The van der Waals surface area contributed by atoms with E-state index in [9.17, 15) is 14.7 Å². The maximum Gasteiger partial charge on any atom is 0.414 e. The molecule has 5 rings (SSSR count). The van der Waals surface area contributed by atoms with Gasteiger partial charge in [-0.15, -0.1) is 0 Å². The molecule has 2 atom stereocenters. The van der Waals surface area contributed by atoms with Gasteiger partial charge in [0.05, 0.1) is 29.7 Å². The second kappa shape index (κ2) is 9.96. The van der Waals surface area contributed by atoms with Crippen LogP contribution in [0.15, 0.2) is 42.5 Å². The Kier molecular flexibility index (Phi) is 6.73. The molecule has 1 aliphatic heterocycles. The molecule has 0 bridgehead atoms. The summed E-state index contributed by atoms with van der Waals surface area (Å²) >= 11 is 0. The highest BCUT2D eigenvalue weighted by molar-refractivity contribution is 5.95. The van der Waals surface area contributed by atoms with Crippen molar-refractivity contribution in [1.29, 1.82) is 0 Å². The second-order valence-corrected chi connectivity index (χ2v) is 10.4. The number of aromatic nitrogens is 2. The average Bonchev–Trinajstić information content (AvgIpc) is 3.29. The van der Waals surface area contributed by atoms with Gasteiger partial charge in [0.25, 0.3) is 0 Å². The maximum atomic E-state index is 12.6. The maximum absolute atomic E-state index is 12.6. The first kappa shape index (κ1) is 24.3. The lowest BCUT2D eigenvalue weighted by atomic mass is 9.85. The van der Waals surface area contributed by atoms with Crippen molar-refractivity contribution in [1.82, 2.24) is 9.55 Å². The van der Waals surface area contributed by atoms with E-state index >= 15 is 0 Å². The van der Waals surface area contributed by atoms with E-state index in [2.05, 4.69) is 48.7 Å². The number of carboxylic acids is 1. The number of carbonyl (C=O) groups is 2. The Morgan fingerprint density at radius 1 is 1.08 bits per heavy atom. The Balaban J connectivity index is 1.60. The fourth-order valence-corrected chi connectivity index (χ4v) is 6.16. The molecule has 36 heavy (non-hydrogen) atoms. The number of imidazole rings is 1. The summed E-state index contributed by atoms with van der Waals surface area (Å²) < 4.78 is 7.49. The topological polar surface area (TPSA) is 84.7 Å². The molecule has 1 aromatic heterocycles. The van der Waals surface area contributed by atoms with Gasteiger partial charge in [-0.2, -0.15) is 0 Å². The Bertz CT molecular complexity index is 1260. The minimum Gasteiger partial charge on any atom is -0.481 e. The number of hydrogen-bond acceptors (Lipinski definition) is 4. The molecule has 2 aliphatic rings. The number of hydrogen-bond donors (Lipinski definition) is 1. The van der Waals surface area contributed by atoms with E-state index in [1.54, 1.807) is 4.90 Å². The van der Waals surface area contributed by atoms with Crippen LogP contribution in [0.1, 0.15) is 74.9 Å². The zero-order valence-electron chi connectivity index (χ0n) is 21.3. The molecule has 190 valence electrons. The van der Waals surface area contributed by atoms with Crippen LogP contribution in [0.4, 0.5) is 10.5 Å². The average molecular weight is 490 g/mol. The summed E-state index contributed by atoms with van der Waals surface area (Å²) in [5, 5.41) is 9.52. The summed E-state index contributed by atoms with van der Waals surface area (Å²) in [6.07, 6.45) is 5.28. The van der Waals surface area contributed by atoms with Gasteiger partial charge in [-0.05, 0) is 69.6 Å². The molecule has 0 saturated heterocycles. The van der Waals surface area contributed by atoms with E-state index in [1.165, 1.54) is 12.7 Å². The number of nitrogens with zero attached hydrogens (tertiary/aromatic N) is 3. The standard InChI is InChI=1S/C29H35N3O4/c1-18(17-20-7-5-4-6-8-20)27-30-26-23-14-9-19(2)31(29(35)36-3)24(23)15-16-25(26)32(27)22-12-10-21(11-13-22)28(33)34/h4-8,15-16,18-19,21-22H,9-14,17H2,1-3H3,(H,33,34)/t18-,19+,21?,22?/m1/s1. The third-order valence-corrected chi connectivity index (χ3v) is 8.09. The van der Waals surface area contributed by atoms with Gasteiger partial charge in [-0.3, -0.25) is 9.69 Å².